The smallest absolute Gasteiger partial charge is 0.410 e. The third-order valence-electron chi connectivity index (χ3n) is 3.42. The summed E-state index contributed by atoms with van der Waals surface area (Å²) < 4.78 is 5.34. The minimum absolute atomic E-state index is 0.0254. The zero-order chi connectivity index (χ0) is 17.0. The predicted molar refractivity (Wildman–Crippen MR) is 84.7 cm³/mol. The molecule has 0 spiro atoms. The van der Waals surface area contributed by atoms with Crippen LogP contribution >= 0.6 is 0 Å². The summed E-state index contributed by atoms with van der Waals surface area (Å²) in [6.07, 6.45) is 3.86. The molecule has 1 aromatic heterocycles. The molecule has 1 saturated heterocycles. The summed E-state index contributed by atoms with van der Waals surface area (Å²) >= 11 is 0. The number of likely N-dealkylation sites (tertiary alicyclic amines) is 1. The first-order valence-electron chi connectivity index (χ1n) is 7.61. The Hall–Kier alpha value is -2.38. The lowest BCUT2D eigenvalue weighted by molar-refractivity contribution is 0.0199. The van der Waals surface area contributed by atoms with E-state index in [-0.39, 0.29) is 29.6 Å². The van der Waals surface area contributed by atoms with Crippen molar-refractivity contribution in [3.63, 3.8) is 0 Å². The molecule has 1 fully saturated rings. The van der Waals surface area contributed by atoms with Crippen molar-refractivity contribution in [1.82, 2.24) is 20.2 Å². The Morgan fingerprint density at radius 3 is 2.43 bits per heavy atom. The zero-order valence-corrected chi connectivity index (χ0v) is 13.7. The number of amides is 2. The maximum atomic E-state index is 12.1. The fourth-order valence-corrected chi connectivity index (χ4v) is 2.31. The number of rotatable bonds is 2. The largest absolute Gasteiger partial charge is 0.444 e. The molecule has 1 aromatic rings. The molecule has 8 heteroatoms. The van der Waals surface area contributed by atoms with Gasteiger partial charge in [0.2, 0.25) is 0 Å². The van der Waals surface area contributed by atoms with Crippen molar-refractivity contribution in [3.05, 3.63) is 18.1 Å². The highest BCUT2D eigenvalue weighted by Gasteiger charge is 2.28. The Bertz CT molecular complexity index is 577. The average molecular weight is 321 g/mol. The van der Waals surface area contributed by atoms with Gasteiger partial charge in [-0.1, -0.05) is 0 Å². The lowest BCUT2D eigenvalue weighted by Crippen LogP contribution is -2.48. The van der Waals surface area contributed by atoms with E-state index >= 15 is 0 Å². The van der Waals surface area contributed by atoms with Crippen LogP contribution in [0.4, 0.5) is 10.6 Å². The van der Waals surface area contributed by atoms with E-state index < -0.39 is 5.60 Å². The van der Waals surface area contributed by atoms with E-state index in [1.165, 1.54) is 12.4 Å². The second-order valence-electron chi connectivity index (χ2n) is 6.51. The Labute approximate surface area is 135 Å². The van der Waals surface area contributed by atoms with Crippen LogP contribution in [0.15, 0.2) is 12.4 Å². The third-order valence-corrected chi connectivity index (χ3v) is 3.42. The number of hydrogen-bond acceptors (Lipinski definition) is 6. The first-order valence-corrected chi connectivity index (χ1v) is 7.61. The standard InChI is InChI=1S/C15H23N5O3/c1-15(2,3)23-14(22)20-8-4-10(5-9-20)19-13(21)11-12(16)18-7-6-17-11/h6-7,10H,4-5,8-9H2,1-3H3,(H2,16,18)(H,19,21). The van der Waals surface area contributed by atoms with E-state index in [1.807, 2.05) is 20.8 Å². The molecule has 2 amide bonds. The molecule has 0 unspecified atom stereocenters. The van der Waals surface area contributed by atoms with E-state index in [4.69, 9.17) is 10.5 Å². The minimum Gasteiger partial charge on any atom is -0.444 e. The predicted octanol–water partition coefficient (Wildman–Crippen LogP) is 1.19. The Morgan fingerprint density at radius 2 is 1.87 bits per heavy atom. The van der Waals surface area contributed by atoms with Crippen molar-refractivity contribution < 1.29 is 14.3 Å². The van der Waals surface area contributed by atoms with Gasteiger partial charge in [0, 0.05) is 31.5 Å². The average Bonchev–Trinajstić information content (AvgIpc) is 2.46. The second kappa shape index (κ2) is 6.80. The number of carbonyl (C=O) groups is 2. The topological polar surface area (TPSA) is 110 Å². The molecule has 0 aromatic carbocycles. The van der Waals surface area contributed by atoms with Crippen LogP contribution in [0.3, 0.4) is 0 Å². The molecule has 0 bridgehead atoms. The van der Waals surface area contributed by atoms with Crippen LogP contribution in [0.5, 0.6) is 0 Å². The molecule has 1 aliphatic rings. The van der Waals surface area contributed by atoms with E-state index in [9.17, 15) is 9.59 Å². The van der Waals surface area contributed by atoms with E-state index in [1.54, 1.807) is 4.90 Å². The first kappa shape index (κ1) is 17.0. The second-order valence-corrected chi connectivity index (χ2v) is 6.51. The molecule has 2 rings (SSSR count). The van der Waals surface area contributed by atoms with Gasteiger partial charge in [-0.15, -0.1) is 0 Å². The van der Waals surface area contributed by atoms with Gasteiger partial charge in [0.25, 0.3) is 5.91 Å². The molecule has 1 aliphatic heterocycles. The van der Waals surface area contributed by atoms with Crippen molar-refractivity contribution in [2.24, 2.45) is 0 Å². The number of ether oxygens (including phenoxy) is 1. The highest BCUT2D eigenvalue weighted by atomic mass is 16.6. The maximum absolute atomic E-state index is 12.1. The summed E-state index contributed by atoms with van der Waals surface area (Å²) in [5.74, 6) is -0.234. The fourth-order valence-electron chi connectivity index (χ4n) is 2.31. The molecular weight excluding hydrogens is 298 g/mol. The van der Waals surface area contributed by atoms with E-state index in [2.05, 4.69) is 15.3 Å². The Balaban J connectivity index is 1.84. The number of nitrogens with two attached hydrogens (primary N) is 1. The summed E-state index contributed by atoms with van der Waals surface area (Å²) in [5.41, 5.74) is 5.26. The number of carbonyl (C=O) groups excluding carboxylic acids is 2. The molecule has 0 aliphatic carbocycles. The quantitative estimate of drug-likeness (QED) is 0.846. The molecular formula is C15H23N5O3. The van der Waals surface area contributed by atoms with Crippen LogP contribution in [-0.4, -0.2) is 51.6 Å². The van der Waals surface area contributed by atoms with Gasteiger partial charge in [-0.2, -0.15) is 0 Å². The monoisotopic (exact) mass is 321 g/mol. The van der Waals surface area contributed by atoms with Crippen LogP contribution in [0, 0.1) is 0 Å². The highest BCUT2D eigenvalue weighted by Crippen LogP contribution is 2.16. The molecule has 2 heterocycles. The van der Waals surface area contributed by atoms with Crippen LogP contribution in [0.1, 0.15) is 44.1 Å². The summed E-state index contributed by atoms with van der Waals surface area (Å²) in [4.78, 5) is 33.6. The zero-order valence-electron chi connectivity index (χ0n) is 13.7. The molecule has 3 N–H and O–H groups in total. The number of aromatic nitrogens is 2. The van der Waals surface area contributed by atoms with Gasteiger partial charge in [-0.05, 0) is 33.6 Å². The van der Waals surface area contributed by atoms with Crippen LogP contribution in [0.25, 0.3) is 0 Å². The number of nitrogens with zero attached hydrogens (tertiary/aromatic N) is 3. The van der Waals surface area contributed by atoms with Crippen LogP contribution < -0.4 is 11.1 Å². The van der Waals surface area contributed by atoms with E-state index in [0.717, 1.165) is 0 Å². The van der Waals surface area contributed by atoms with Crippen molar-refractivity contribution in [3.8, 4) is 0 Å². The number of piperidine rings is 1. The van der Waals surface area contributed by atoms with Gasteiger partial charge in [0.15, 0.2) is 11.5 Å². The molecule has 0 atom stereocenters. The molecule has 0 radical (unpaired) electrons. The Morgan fingerprint density at radius 1 is 1.26 bits per heavy atom. The number of hydrogen-bond donors (Lipinski definition) is 2. The van der Waals surface area contributed by atoms with E-state index in [0.29, 0.717) is 25.9 Å². The van der Waals surface area contributed by atoms with Crippen molar-refractivity contribution >= 4 is 17.8 Å². The number of nitrogens with one attached hydrogen (secondary N) is 1. The minimum atomic E-state index is -0.508. The van der Waals surface area contributed by atoms with Crippen LogP contribution in [-0.2, 0) is 4.74 Å². The van der Waals surface area contributed by atoms with Crippen molar-refractivity contribution in [1.29, 1.82) is 0 Å². The van der Waals surface area contributed by atoms with Crippen molar-refractivity contribution in [2.45, 2.75) is 45.3 Å². The van der Waals surface area contributed by atoms with Crippen molar-refractivity contribution in [2.75, 3.05) is 18.8 Å². The van der Waals surface area contributed by atoms with Gasteiger partial charge in [0.1, 0.15) is 5.60 Å². The molecule has 126 valence electrons. The maximum Gasteiger partial charge on any atom is 0.410 e. The first-order chi connectivity index (χ1) is 10.8. The number of anilines is 1. The fraction of sp³-hybridized carbons (Fsp3) is 0.600. The van der Waals surface area contributed by atoms with Gasteiger partial charge >= 0.3 is 6.09 Å². The summed E-state index contributed by atoms with van der Waals surface area (Å²) in [7, 11) is 0. The SMILES string of the molecule is CC(C)(C)OC(=O)N1CCC(NC(=O)c2nccnc2N)CC1. The van der Waals surface area contributed by atoms with Gasteiger partial charge in [0.05, 0.1) is 0 Å². The molecule has 23 heavy (non-hydrogen) atoms. The third kappa shape index (κ3) is 4.80. The molecule has 8 nitrogen and oxygen atoms in total. The Kier molecular flexibility index (Phi) is 5.02. The van der Waals surface area contributed by atoms with Gasteiger partial charge in [-0.25, -0.2) is 14.8 Å². The normalized spacial score (nSPS) is 16.0. The van der Waals surface area contributed by atoms with Gasteiger partial charge < -0.3 is 20.7 Å². The number of nitrogen functional groups attached to an aromatic ring is 1. The summed E-state index contributed by atoms with van der Waals surface area (Å²) in [6, 6.07) is -0.0254. The molecule has 0 saturated carbocycles. The lowest BCUT2D eigenvalue weighted by atomic mass is 10.1. The summed E-state index contributed by atoms with van der Waals surface area (Å²) in [6.45, 7) is 6.58. The summed E-state index contributed by atoms with van der Waals surface area (Å²) in [5, 5.41) is 2.88. The van der Waals surface area contributed by atoms with Gasteiger partial charge in [-0.3, -0.25) is 4.79 Å². The van der Waals surface area contributed by atoms with Crippen LogP contribution in [0.2, 0.25) is 0 Å². The highest BCUT2D eigenvalue weighted by molar-refractivity contribution is 5.96. The lowest BCUT2D eigenvalue weighted by Gasteiger charge is -2.33.